The lowest BCUT2D eigenvalue weighted by Crippen LogP contribution is -2.36. The summed E-state index contributed by atoms with van der Waals surface area (Å²) in [6.07, 6.45) is 2.51. The Bertz CT molecular complexity index is 1050. The first-order chi connectivity index (χ1) is 12.9. The molecule has 0 saturated heterocycles. The van der Waals surface area contributed by atoms with Gasteiger partial charge in [-0.2, -0.15) is 4.98 Å². The van der Waals surface area contributed by atoms with Crippen molar-refractivity contribution in [3.05, 3.63) is 50.8 Å². The Morgan fingerprint density at radius 1 is 1.30 bits per heavy atom. The fourth-order valence-corrected chi connectivity index (χ4v) is 4.12. The minimum Gasteiger partial charge on any atom is -0.339 e. The molecule has 3 aromatic heterocycles. The number of pyridine rings is 1. The number of ketones is 1. The molecule has 0 fully saturated rings. The molecule has 0 spiro atoms. The molecule has 0 aliphatic carbocycles. The van der Waals surface area contributed by atoms with E-state index in [0.717, 1.165) is 22.4 Å². The number of Topliss-reactive ketones (excluding diaryl/α,β-unsaturated/α-hetero) is 1. The number of aryl methyl sites for hydroxylation is 2. The van der Waals surface area contributed by atoms with Crippen LogP contribution in [0.15, 0.2) is 22.2 Å². The second kappa shape index (κ2) is 6.70. The van der Waals surface area contributed by atoms with Crippen LogP contribution in [0.4, 0.5) is 0 Å². The number of hydrogen-bond acceptors (Lipinski definition) is 7. The van der Waals surface area contributed by atoms with Gasteiger partial charge in [-0.25, -0.2) is 0 Å². The second-order valence-electron chi connectivity index (χ2n) is 6.59. The first-order valence-corrected chi connectivity index (χ1v) is 9.48. The van der Waals surface area contributed by atoms with Gasteiger partial charge in [0.1, 0.15) is 0 Å². The van der Waals surface area contributed by atoms with Crippen LogP contribution >= 0.6 is 11.3 Å². The smallest absolute Gasteiger partial charge is 0.255 e. The Hall–Kier alpha value is -2.87. The van der Waals surface area contributed by atoms with Gasteiger partial charge in [0.15, 0.2) is 5.78 Å². The minimum atomic E-state index is -0.0677. The van der Waals surface area contributed by atoms with Crippen molar-refractivity contribution in [3.63, 3.8) is 0 Å². The highest BCUT2D eigenvalue weighted by molar-refractivity contribution is 7.12. The number of amides is 1. The molecule has 7 nitrogen and oxygen atoms in total. The molecule has 0 radical (unpaired) electrons. The summed E-state index contributed by atoms with van der Waals surface area (Å²) >= 11 is 1.30. The summed E-state index contributed by atoms with van der Waals surface area (Å²) in [5.41, 5.74) is 4.40. The summed E-state index contributed by atoms with van der Waals surface area (Å²) in [6.45, 7) is 6.24. The Kier molecular flexibility index (Phi) is 4.35. The number of rotatable bonds is 3. The molecule has 0 saturated carbocycles. The lowest BCUT2D eigenvalue weighted by molar-refractivity contribution is 0.0735. The van der Waals surface area contributed by atoms with Crippen LogP contribution in [-0.2, 0) is 13.0 Å². The maximum atomic E-state index is 12.8. The fraction of sp³-hybridized carbons (Fsp3) is 0.316. The number of fused-ring (bicyclic) bond motifs is 1. The first-order valence-electron chi connectivity index (χ1n) is 8.61. The molecule has 1 aliphatic heterocycles. The lowest BCUT2D eigenvalue weighted by atomic mass is 9.94. The largest absolute Gasteiger partial charge is 0.339 e. The molecule has 0 atom stereocenters. The Morgan fingerprint density at radius 2 is 2.11 bits per heavy atom. The molecule has 0 aromatic carbocycles. The molecule has 27 heavy (non-hydrogen) atoms. The van der Waals surface area contributed by atoms with Gasteiger partial charge in [0.2, 0.25) is 11.7 Å². The third kappa shape index (κ3) is 3.16. The number of carbonyl (C=O) groups is 2. The van der Waals surface area contributed by atoms with E-state index in [2.05, 4.69) is 15.1 Å². The third-order valence-electron chi connectivity index (χ3n) is 4.69. The van der Waals surface area contributed by atoms with Gasteiger partial charge in [-0.3, -0.25) is 14.6 Å². The number of hydrogen-bond donors (Lipinski definition) is 0. The Morgan fingerprint density at radius 3 is 2.78 bits per heavy atom. The van der Waals surface area contributed by atoms with Gasteiger partial charge in [0.05, 0.1) is 10.4 Å². The Balaban J connectivity index is 1.64. The highest BCUT2D eigenvalue weighted by Crippen LogP contribution is 2.31. The van der Waals surface area contributed by atoms with Gasteiger partial charge in [0, 0.05) is 42.8 Å². The van der Waals surface area contributed by atoms with Gasteiger partial charge in [-0.05, 0) is 37.5 Å². The van der Waals surface area contributed by atoms with E-state index in [-0.39, 0.29) is 11.7 Å². The van der Waals surface area contributed by atoms with Crippen molar-refractivity contribution in [1.82, 2.24) is 20.0 Å². The molecule has 4 heterocycles. The molecule has 0 N–H and O–H groups in total. The van der Waals surface area contributed by atoms with Crippen LogP contribution in [0.1, 0.15) is 49.7 Å². The van der Waals surface area contributed by atoms with Crippen LogP contribution < -0.4 is 0 Å². The predicted molar refractivity (Wildman–Crippen MR) is 99.8 cm³/mol. The van der Waals surface area contributed by atoms with Crippen LogP contribution in [0.5, 0.6) is 0 Å². The maximum Gasteiger partial charge on any atom is 0.255 e. The molecule has 0 unspecified atom stereocenters. The number of carbonyl (C=O) groups excluding carboxylic acids is 2. The average Bonchev–Trinajstić information content (AvgIpc) is 3.30. The zero-order valence-corrected chi connectivity index (χ0v) is 16.1. The van der Waals surface area contributed by atoms with Crippen molar-refractivity contribution in [2.45, 2.75) is 33.7 Å². The molecule has 3 aromatic rings. The van der Waals surface area contributed by atoms with Crippen LogP contribution in [-0.4, -0.2) is 38.3 Å². The van der Waals surface area contributed by atoms with Gasteiger partial charge in [-0.1, -0.05) is 5.16 Å². The second-order valence-corrected chi connectivity index (χ2v) is 7.50. The minimum absolute atomic E-state index is 0.0252. The predicted octanol–water partition coefficient (Wildman–Crippen LogP) is 3.21. The summed E-state index contributed by atoms with van der Waals surface area (Å²) in [5, 5.41) is 5.78. The zero-order chi connectivity index (χ0) is 19.1. The number of aromatic nitrogens is 3. The van der Waals surface area contributed by atoms with Crippen molar-refractivity contribution in [2.75, 3.05) is 6.54 Å². The van der Waals surface area contributed by atoms with E-state index in [1.54, 1.807) is 23.3 Å². The van der Waals surface area contributed by atoms with Crippen LogP contribution in [0, 0.1) is 13.8 Å². The summed E-state index contributed by atoms with van der Waals surface area (Å²) < 4.78 is 5.12. The molecular weight excluding hydrogens is 364 g/mol. The molecular formula is C19H18N4O3S. The van der Waals surface area contributed by atoms with Gasteiger partial charge < -0.3 is 9.42 Å². The number of nitrogens with zero attached hydrogens (tertiary/aromatic N) is 4. The maximum absolute atomic E-state index is 12.8. The van der Waals surface area contributed by atoms with E-state index in [0.29, 0.717) is 41.7 Å². The van der Waals surface area contributed by atoms with Gasteiger partial charge in [-0.15, -0.1) is 11.3 Å². The summed E-state index contributed by atoms with van der Waals surface area (Å²) in [5.74, 6) is 0.955. The summed E-state index contributed by atoms with van der Waals surface area (Å²) in [4.78, 5) is 35.5. The van der Waals surface area contributed by atoms with Crippen molar-refractivity contribution >= 4 is 23.0 Å². The van der Waals surface area contributed by atoms with Gasteiger partial charge in [0.25, 0.3) is 5.91 Å². The number of thiophene rings is 1. The van der Waals surface area contributed by atoms with E-state index >= 15 is 0 Å². The van der Waals surface area contributed by atoms with Crippen molar-refractivity contribution in [1.29, 1.82) is 0 Å². The van der Waals surface area contributed by atoms with Crippen molar-refractivity contribution in [3.8, 4) is 11.4 Å². The Labute approximate surface area is 160 Å². The molecule has 4 rings (SSSR count). The fourth-order valence-electron chi connectivity index (χ4n) is 3.34. The summed E-state index contributed by atoms with van der Waals surface area (Å²) in [7, 11) is 0. The summed E-state index contributed by atoms with van der Waals surface area (Å²) in [6, 6.07) is 1.67. The van der Waals surface area contributed by atoms with Crippen LogP contribution in [0.2, 0.25) is 0 Å². The molecule has 138 valence electrons. The normalized spacial score (nSPS) is 13.5. The highest BCUT2D eigenvalue weighted by Gasteiger charge is 2.27. The monoisotopic (exact) mass is 382 g/mol. The molecule has 8 heteroatoms. The zero-order valence-electron chi connectivity index (χ0n) is 15.3. The molecule has 1 aliphatic rings. The third-order valence-corrected chi connectivity index (χ3v) is 5.72. The van der Waals surface area contributed by atoms with E-state index in [4.69, 9.17) is 4.52 Å². The van der Waals surface area contributed by atoms with Crippen molar-refractivity contribution in [2.24, 2.45) is 0 Å². The van der Waals surface area contributed by atoms with E-state index in [1.165, 1.54) is 18.3 Å². The molecule has 1 amide bonds. The van der Waals surface area contributed by atoms with E-state index in [9.17, 15) is 9.59 Å². The lowest BCUT2D eigenvalue weighted by Gasteiger charge is -2.29. The van der Waals surface area contributed by atoms with Gasteiger partial charge >= 0.3 is 0 Å². The molecule has 0 bridgehead atoms. The topological polar surface area (TPSA) is 89.2 Å². The standard InChI is InChI=1S/C19H18N4O3S/c1-10-17(18-21-12(3)26-22-18)15-4-5-23(8-14(15)7-20-10)19(25)13-6-16(11(2)24)27-9-13/h6-7,9H,4-5,8H2,1-3H3. The highest BCUT2D eigenvalue weighted by atomic mass is 32.1. The van der Waals surface area contributed by atoms with Crippen LogP contribution in [0.3, 0.4) is 0 Å². The SMILES string of the molecule is CC(=O)c1cc(C(=O)N2CCc3c(cnc(C)c3-c3noc(C)n3)C2)cs1. The van der Waals surface area contributed by atoms with Crippen LogP contribution in [0.25, 0.3) is 11.4 Å². The van der Waals surface area contributed by atoms with Crippen molar-refractivity contribution < 1.29 is 14.1 Å². The average molecular weight is 382 g/mol. The van der Waals surface area contributed by atoms with E-state index < -0.39 is 0 Å². The quantitative estimate of drug-likeness (QED) is 0.646. The van der Waals surface area contributed by atoms with E-state index in [1.807, 2.05) is 13.1 Å². The first kappa shape index (κ1) is 17.5.